The molecule has 0 rings (SSSR count). The summed E-state index contributed by atoms with van der Waals surface area (Å²) in [5.41, 5.74) is 0. The topological polar surface area (TPSA) is 41.8 Å². The van der Waals surface area contributed by atoms with E-state index in [2.05, 4.69) is 9.99 Å². The molecule has 0 aromatic heterocycles. The van der Waals surface area contributed by atoms with Gasteiger partial charge in [0.15, 0.2) is 0 Å². The van der Waals surface area contributed by atoms with Crippen LogP contribution in [0.5, 0.6) is 0 Å². The van der Waals surface area contributed by atoms with Crippen molar-refractivity contribution in [2.24, 2.45) is 5.16 Å². The zero-order valence-electron chi connectivity index (χ0n) is 5.87. The summed E-state index contributed by atoms with van der Waals surface area (Å²) in [6, 6.07) is 0. The van der Waals surface area contributed by atoms with Crippen molar-refractivity contribution in [2.45, 2.75) is 25.9 Å². The summed E-state index contributed by atoms with van der Waals surface area (Å²) in [6.45, 7) is 2.00. The SMILES string of the molecule is CCCC(O)C=NOC. The molecule has 9 heavy (non-hydrogen) atoms. The van der Waals surface area contributed by atoms with E-state index in [1.807, 2.05) is 6.92 Å². The molecule has 0 fully saturated rings. The van der Waals surface area contributed by atoms with Gasteiger partial charge >= 0.3 is 0 Å². The lowest BCUT2D eigenvalue weighted by Crippen LogP contribution is -2.06. The fourth-order valence-electron chi connectivity index (χ4n) is 0.501. The lowest BCUT2D eigenvalue weighted by molar-refractivity contribution is 0.196. The molecule has 3 nitrogen and oxygen atoms in total. The molecular weight excluding hydrogens is 118 g/mol. The molecule has 0 spiro atoms. The van der Waals surface area contributed by atoms with Crippen LogP contribution in [-0.2, 0) is 4.84 Å². The van der Waals surface area contributed by atoms with E-state index in [0.29, 0.717) is 0 Å². The lowest BCUT2D eigenvalue weighted by atomic mass is 10.2. The van der Waals surface area contributed by atoms with Gasteiger partial charge in [0.1, 0.15) is 7.11 Å². The van der Waals surface area contributed by atoms with Crippen molar-refractivity contribution in [1.29, 1.82) is 0 Å². The zero-order chi connectivity index (χ0) is 7.11. The first-order valence-electron chi connectivity index (χ1n) is 3.06. The number of rotatable bonds is 4. The Labute approximate surface area is 55.3 Å². The summed E-state index contributed by atoms with van der Waals surface area (Å²) in [7, 11) is 1.45. The van der Waals surface area contributed by atoms with Crippen LogP contribution in [0.25, 0.3) is 0 Å². The van der Waals surface area contributed by atoms with Crippen molar-refractivity contribution in [1.82, 2.24) is 0 Å². The molecule has 0 aliphatic carbocycles. The summed E-state index contributed by atoms with van der Waals surface area (Å²) in [5.74, 6) is 0. The van der Waals surface area contributed by atoms with Crippen LogP contribution in [0.15, 0.2) is 5.16 Å². The van der Waals surface area contributed by atoms with E-state index >= 15 is 0 Å². The first-order valence-corrected chi connectivity index (χ1v) is 3.06. The quantitative estimate of drug-likeness (QED) is 0.452. The Kier molecular flexibility index (Phi) is 5.21. The average molecular weight is 131 g/mol. The minimum atomic E-state index is -0.449. The number of aliphatic hydroxyl groups is 1. The second-order valence-corrected chi connectivity index (χ2v) is 1.79. The molecule has 3 heteroatoms. The van der Waals surface area contributed by atoms with Gasteiger partial charge < -0.3 is 9.94 Å². The lowest BCUT2D eigenvalue weighted by Gasteiger charge is -1.98. The molecule has 0 aromatic carbocycles. The van der Waals surface area contributed by atoms with E-state index in [4.69, 9.17) is 5.11 Å². The Hall–Kier alpha value is -0.570. The number of aliphatic hydroxyl groups excluding tert-OH is 1. The third kappa shape index (κ3) is 5.30. The standard InChI is InChI=1S/C6H13NO2/c1-3-4-6(8)5-7-9-2/h5-6,8H,3-4H2,1-2H3. The van der Waals surface area contributed by atoms with Gasteiger partial charge in [-0.2, -0.15) is 0 Å². The number of hydrogen-bond acceptors (Lipinski definition) is 3. The highest BCUT2D eigenvalue weighted by Gasteiger charge is 1.95. The Bertz CT molecular complexity index is 83.1. The van der Waals surface area contributed by atoms with Crippen LogP contribution in [0.2, 0.25) is 0 Å². The fourth-order valence-corrected chi connectivity index (χ4v) is 0.501. The molecule has 0 aliphatic rings. The molecule has 1 N–H and O–H groups in total. The summed E-state index contributed by atoms with van der Waals surface area (Å²) in [4.78, 5) is 4.37. The molecule has 1 atom stereocenters. The van der Waals surface area contributed by atoms with Gasteiger partial charge in [0.05, 0.1) is 12.3 Å². The van der Waals surface area contributed by atoms with Crippen LogP contribution >= 0.6 is 0 Å². The maximum Gasteiger partial charge on any atom is 0.106 e. The van der Waals surface area contributed by atoms with Crippen molar-refractivity contribution < 1.29 is 9.94 Å². The van der Waals surface area contributed by atoms with Gasteiger partial charge in [-0.1, -0.05) is 18.5 Å². The number of hydrogen-bond donors (Lipinski definition) is 1. The third-order valence-corrected chi connectivity index (χ3v) is 0.923. The summed E-state index contributed by atoms with van der Waals surface area (Å²) in [5, 5.41) is 12.4. The summed E-state index contributed by atoms with van der Waals surface area (Å²) < 4.78 is 0. The van der Waals surface area contributed by atoms with Gasteiger partial charge in [0, 0.05) is 0 Å². The normalized spacial score (nSPS) is 14.1. The van der Waals surface area contributed by atoms with Crippen LogP contribution < -0.4 is 0 Å². The van der Waals surface area contributed by atoms with Gasteiger partial charge in [-0.15, -0.1) is 0 Å². The second-order valence-electron chi connectivity index (χ2n) is 1.79. The molecule has 0 aromatic rings. The third-order valence-electron chi connectivity index (χ3n) is 0.923. The van der Waals surface area contributed by atoms with Crippen molar-refractivity contribution in [3.05, 3.63) is 0 Å². The van der Waals surface area contributed by atoms with E-state index in [-0.39, 0.29) is 0 Å². The smallest absolute Gasteiger partial charge is 0.106 e. The molecule has 0 heterocycles. The van der Waals surface area contributed by atoms with Gasteiger partial charge in [0.25, 0.3) is 0 Å². The Morgan fingerprint density at radius 3 is 2.89 bits per heavy atom. The Morgan fingerprint density at radius 2 is 2.44 bits per heavy atom. The average Bonchev–Trinajstić information content (AvgIpc) is 1.85. The molecule has 54 valence electrons. The predicted octanol–water partition coefficient (Wildman–Crippen LogP) is 0.780. The number of nitrogens with zero attached hydrogens (tertiary/aromatic N) is 1. The van der Waals surface area contributed by atoms with Crippen LogP contribution in [0.3, 0.4) is 0 Å². The molecular formula is C6H13NO2. The zero-order valence-corrected chi connectivity index (χ0v) is 5.87. The monoisotopic (exact) mass is 131 g/mol. The molecule has 0 radical (unpaired) electrons. The number of oxime groups is 1. The summed E-state index contributed by atoms with van der Waals surface area (Å²) >= 11 is 0. The molecule has 0 aliphatic heterocycles. The highest BCUT2D eigenvalue weighted by molar-refractivity contribution is 5.61. The van der Waals surface area contributed by atoms with Crippen LogP contribution in [0.1, 0.15) is 19.8 Å². The Balaban J connectivity index is 3.25. The highest BCUT2D eigenvalue weighted by atomic mass is 16.6. The van der Waals surface area contributed by atoms with Crippen molar-refractivity contribution in [2.75, 3.05) is 7.11 Å². The van der Waals surface area contributed by atoms with Crippen LogP contribution in [0, 0.1) is 0 Å². The van der Waals surface area contributed by atoms with Crippen LogP contribution in [-0.4, -0.2) is 24.5 Å². The van der Waals surface area contributed by atoms with Gasteiger partial charge in [-0.25, -0.2) is 0 Å². The first kappa shape index (κ1) is 8.43. The van der Waals surface area contributed by atoms with E-state index in [0.717, 1.165) is 12.8 Å². The predicted molar refractivity (Wildman–Crippen MR) is 36.4 cm³/mol. The maximum atomic E-state index is 8.95. The molecule has 0 bridgehead atoms. The van der Waals surface area contributed by atoms with Gasteiger partial charge in [-0.3, -0.25) is 0 Å². The minimum Gasteiger partial charge on any atom is -0.399 e. The highest BCUT2D eigenvalue weighted by Crippen LogP contribution is 1.91. The van der Waals surface area contributed by atoms with Crippen molar-refractivity contribution >= 4 is 6.21 Å². The first-order chi connectivity index (χ1) is 4.31. The second kappa shape index (κ2) is 5.56. The molecule has 0 saturated heterocycles. The van der Waals surface area contributed by atoms with E-state index < -0.39 is 6.10 Å². The molecule has 1 unspecified atom stereocenters. The molecule has 0 amide bonds. The van der Waals surface area contributed by atoms with Crippen molar-refractivity contribution in [3.8, 4) is 0 Å². The van der Waals surface area contributed by atoms with Crippen molar-refractivity contribution in [3.63, 3.8) is 0 Å². The largest absolute Gasteiger partial charge is 0.399 e. The van der Waals surface area contributed by atoms with Crippen LogP contribution in [0.4, 0.5) is 0 Å². The maximum absolute atomic E-state index is 8.95. The van der Waals surface area contributed by atoms with E-state index in [1.165, 1.54) is 13.3 Å². The fraction of sp³-hybridized carbons (Fsp3) is 0.833. The minimum absolute atomic E-state index is 0.449. The summed E-state index contributed by atoms with van der Waals surface area (Å²) in [6.07, 6.45) is 2.64. The van der Waals surface area contributed by atoms with Gasteiger partial charge in [0.2, 0.25) is 0 Å². The van der Waals surface area contributed by atoms with Gasteiger partial charge in [-0.05, 0) is 6.42 Å². The Morgan fingerprint density at radius 1 is 1.78 bits per heavy atom. The van der Waals surface area contributed by atoms with E-state index in [9.17, 15) is 0 Å². The molecule has 0 saturated carbocycles. The van der Waals surface area contributed by atoms with E-state index in [1.54, 1.807) is 0 Å².